The Kier molecular flexibility index (Phi) is 3.78. The predicted molar refractivity (Wildman–Crippen MR) is 72.0 cm³/mol. The van der Waals surface area contributed by atoms with Gasteiger partial charge in [-0.3, -0.25) is 9.78 Å². The van der Waals surface area contributed by atoms with Gasteiger partial charge in [0.2, 0.25) is 0 Å². The molecule has 0 unspecified atom stereocenters. The van der Waals surface area contributed by atoms with Crippen molar-refractivity contribution >= 4 is 23.2 Å². The maximum Gasteiger partial charge on any atom is 0.334 e. The third-order valence-corrected chi connectivity index (χ3v) is 3.27. The van der Waals surface area contributed by atoms with E-state index in [1.165, 1.54) is 12.1 Å². The van der Waals surface area contributed by atoms with Crippen LogP contribution in [-0.2, 0) is 6.42 Å². The fraction of sp³-hybridized carbons (Fsp3) is 0.167. The molecule has 2 rings (SSSR count). The molecule has 4 nitrogen and oxygen atoms in total. The number of hydrogen-bond donors (Lipinski definition) is 1. The Balaban J connectivity index is 2.79. The van der Waals surface area contributed by atoms with Gasteiger partial charge in [-0.15, -0.1) is 0 Å². The van der Waals surface area contributed by atoms with Gasteiger partial charge in [0.05, 0.1) is 16.3 Å². The summed E-state index contributed by atoms with van der Waals surface area (Å²) in [6.07, 6.45) is 0.364. The van der Waals surface area contributed by atoms with Crippen molar-refractivity contribution < 1.29 is 4.39 Å². The summed E-state index contributed by atoms with van der Waals surface area (Å²) in [7, 11) is 0. The Morgan fingerprint density at radius 3 is 2.58 bits per heavy atom. The minimum atomic E-state index is -0.699. The van der Waals surface area contributed by atoms with E-state index in [-0.39, 0.29) is 21.4 Å². The van der Waals surface area contributed by atoms with Crippen molar-refractivity contribution in [1.82, 2.24) is 9.55 Å². The first kappa shape index (κ1) is 13.8. The highest BCUT2D eigenvalue weighted by Crippen LogP contribution is 2.17. The van der Waals surface area contributed by atoms with Crippen molar-refractivity contribution in [2.75, 3.05) is 0 Å². The van der Waals surface area contributed by atoms with Crippen molar-refractivity contribution in [3.05, 3.63) is 60.6 Å². The Hall–Kier alpha value is -1.59. The Morgan fingerprint density at radius 1 is 1.32 bits per heavy atom. The lowest BCUT2D eigenvalue weighted by molar-refractivity contribution is 0.627. The van der Waals surface area contributed by atoms with Gasteiger partial charge < -0.3 is 0 Å². The van der Waals surface area contributed by atoms with E-state index in [1.54, 1.807) is 6.92 Å². The second-order valence-electron chi connectivity index (χ2n) is 3.82. The van der Waals surface area contributed by atoms with Gasteiger partial charge in [-0.05, 0) is 24.6 Å². The van der Waals surface area contributed by atoms with Crippen LogP contribution >= 0.6 is 23.2 Å². The number of aromatic amines is 1. The fourth-order valence-electron chi connectivity index (χ4n) is 1.71. The average molecular weight is 303 g/mol. The molecule has 0 amide bonds. The normalized spacial score (nSPS) is 10.7. The number of H-pyrrole nitrogens is 1. The number of nitrogens with one attached hydrogen (secondary N) is 1. The van der Waals surface area contributed by atoms with Crippen LogP contribution in [0.5, 0.6) is 0 Å². The van der Waals surface area contributed by atoms with E-state index in [2.05, 4.69) is 4.98 Å². The molecule has 0 aliphatic carbocycles. The highest BCUT2D eigenvalue weighted by molar-refractivity contribution is 6.31. The number of hydrogen-bond acceptors (Lipinski definition) is 2. The largest absolute Gasteiger partial charge is 0.334 e. The molecule has 0 aliphatic heterocycles. The lowest BCUT2D eigenvalue weighted by atomic mass is 10.2. The number of benzene rings is 1. The molecule has 1 aromatic heterocycles. The van der Waals surface area contributed by atoms with Crippen LogP contribution in [0.3, 0.4) is 0 Å². The van der Waals surface area contributed by atoms with Crippen LogP contribution in [0, 0.1) is 5.82 Å². The van der Waals surface area contributed by atoms with Gasteiger partial charge in [-0.1, -0.05) is 30.1 Å². The van der Waals surface area contributed by atoms with Gasteiger partial charge in [0.1, 0.15) is 11.0 Å². The van der Waals surface area contributed by atoms with Crippen molar-refractivity contribution in [3.63, 3.8) is 0 Å². The molecular weight excluding hydrogens is 294 g/mol. The van der Waals surface area contributed by atoms with E-state index >= 15 is 0 Å². The van der Waals surface area contributed by atoms with Gasteiger partial charge in [-0.2, -0.15) is 0 Å². The van der Waals surface area contributed by atoms with Crippen LogP contribution in [0.15, 0.2) is 27.8 Å². The summed E-state index contributed by atoms with van der Waals surface area (Å²) < 4.78 is 14.0. The molecule has 19 heavy (non-hydrogen) atoms. The molecule has 0 atom stereocenters. The summed E-state index contributed by atoms with van der Waals surface area (Å²) in [4.78, 5) is 26.3. The third kappa shape index (κ3) is 2.43. The highest BCUT2D eigenvalue weighted by Gasteiger charge is 2.13. The van der Waals surface area contributed by atoms with Gasteiger partial charge in [0.15, 0.2) is 0 Å². The van der Waals surface area contributed by atoms with E-state index in [0.29, 0.717) is 6.42 Å². The number of nitrogens with zero attached hydrogens (tertiary/aromatic N) is 1. The summed E-state index contributed by atoms with van der Waals surface area (Å²) in [5.41, 5.74) is -0.778. The lowest BCUT2D eigenvalue weighted by Crippen LogP contribution is -2.36. The zero-order valence-electron chi connectivity index (χ0n) is 9.84. The van der Waals surface area contributed by atoms with Gasteiger partial charge in [-0.25, -0.2) is 13.8 Å². The molecule has 100 valence electrons. The van der Waals surface area contributed by atoms with Crippen molar-refractivity contribution in [2.24, 2.45) is 0 Å². The topological polar surface area (TPSA) is 54.9 Å². The Bertz CT molecular complexity index is 752. The fourth-order valence-corrected chi connectivity index (χ4v) is 2.18. The number of halogens is 3. The monoisotopic (exact) mass is 302 g/mol. The summed E-state index contributed by atoms with van der Waals surface area (Å²) in [6, 6.07) is 3.59. The summed E-state index contributed by atoms with van der Waals surface area (Å²) in [6.45, 7) is 1.74. The smallest absolute Gasteiger partial charge is 0.297 e. The lowest BCUT2D eigenvalue weighted by Gasteiger charge is -2.08. The molecule has 0 saturated heterocycles. The van der Waals surface area contributed by atoms with Crippen molar-refractivity contribution in [1.29, 1.82) is 0 Å². The van der Waals surface area contributed by atoms with Crippen LogP contribution in [0.1, 0.15) is 12.5 Å². The molecule has 2 aromatic rings. The first-order valence-corrected chi connectivity index (χ1v) is 6.20. The second kappa shape index (κ2) is 5.19. The molecule has 0 saturated carbocycles. The molecule has 1 aromatic carbocycles. The van der Waals surface area contributed by atoms with Crippen LogP contribution in [0.25, 0.3) is 5.69 Å². The van der Waals surface area contributed by atoms with Crippen LogP contribution < -0.4 is 11.2 Å². The molecule has 0 radical (unpaired) electrons. The zero-order chi connectivity index (χ0) is 14.2. The number of aromatic nitrogens is 2. The zero-order valence-corrected chi connectivity index (χ0v) is 11.3. The molecule has 0 spiro atoms. The van der Waals surface area contributed by atoms with Gasteiger partial charge in [0, 0.05) is 0 Å². The van der Waals surface area contributed by atoms with Gasteiger partial charge >= 0.3 is 5.69 Å². The summed E-state index contributed by atoms with van der Waals surface area (Å²) in [5, 5.41) is -0.154. The standard InChI is InChI=1S/C12H9Cl2FN2O2/c1-2-7-10(14)16-12(19)17(11(7)18)6-3-4-9(15)8(13)5-6/h3-5H,2H2,1H3,(H,16,19). The molecule has 0 bridgehead atoms. The van der Waals surface area contributed by atoms with E-state index in [4.69, 9.17) is 23.2 Å². The van der Waals surface area contributed by atoms with Crippen molar-refractivity contribution in [2.45, 2.75) is 13.3 Å². The molecule has 1 N–H and O–H groups in total. The first-order valence-electron chi connectivity index (χ1n) is 5.44. The Labute approximate surface area is 117 Å². The first-order chi connectivity index (χ1) is 8.95. The maximum atomic E-state index is 13.1. The van der Waals surface area contributed by atoms with E-state index in [0.717, 1.165) is 10.6 Å². The molecular formula is C12H9Cl2FN2O2. The highest BCUT2D eigenvalue weighted by atomic mass is 35.5. The maximum absolute atomic E-state index is 13.1. The predicted octanol–water partition coefficient (Wildman–Crippen LogP) is 2.53. The molecule has 0 aliphatic rings. The van der Waals surface area contributed by atoms with E-state index < -0.39 is 17.1 Å². The average Bonchev–Trinajstić information content (AvgIpc) is 2.33. The minimum Gasteiger partial charge on any atom is -0.297 e. The number of rotatable bonds is 2. The second-order valence-corrected chi connectivity index (χ2v) is 4.60. The van der Waals surface area contributed by atoms with Crippen molar-refractivity contribution in [3.8, 4) is 5.69 Å². The van der Waals surface area contributed by atoms with Gasteiger partial charge in [0.25, 0.3) is 5.56 Å². The van der Waals surface area contributed by atoms with E-state index in [1.807, 2.05) is 0 Å². The quantitative estimate of drug-likeness (QED) is 0.867. The molecule has 1 heterocycles. The van der Waals surface area contributed by atoms with Crippen LogP contribution in [-0.4, -0.2) is 9.55 Å². The third-order valence-electron chi connectivity index (χ3n) is 2.66. The van der Waals surface area contributed by atoms with E-state index in [9.17, 15) is 14.0 Å². The molecule has 7 heteroatoms. The van der Waals surface area contributed by atoms with Crippen LogP contribution in [0.4, 0.5) is 4.39 Å². The Morgan fingerprint density at radius 2 is 2.00 bits per heavy atom. The van der Waals surface area contributed by atoms with Crippen LogP contribution in [0.2, 0.25) is 10.2 Å². The SMILES string of the molecule is CCc1c(Cl)[nH]c(=O)n(-c2ccc(F)c(Cl)c2)c1=O. The summed E-state index contributed by atoms with van der Waals surface area (Å²) in [5.74, 6) is -0.625. The minimum absolute atomic E-state index is 0.0157. The molecule has 0 fully saturated rings. The summed E-state index contributed by atoms with van der Waals surface area (Å²) >= 11 is 11.4.